The van der Waals surface area contributed by atoms with E-state index >= 15 is 0 Å². The van der Waals surface area contributed by atoms with Gasteiger partial charge in [-0.1, -0.05) is 42.5 Å². The topological polar surface area (TPSA) is 12.0 Å². The number of benzene rings is 2. The molecule has 3 rings (SSSR count). The Morgan fingerprint density at radius 1 is 0.938 bits per heavy atom. The molecule has 0 atom stereocenters. The van der Waals surface area contributed by atoms with Crippen LogP contribution in [0.4, 0.5) is 5.69 Å². The summed E-state index contributed by atoms with van der Waals surface area (Å²) in [6.07, 6.45) is 5.99. The van der Waals surface area contributed by atoms with Gasteiger partial charge in [-0.2, -0.15) is 0 Å². The summed E-state index contributed by atoms with van der Waals surface area (Å²) in [5, 5.41) is 6.15. The lowest BCUT2D eigenvalue weighted by Crippen LogP contribution is -1.96. The molecule has 0 aromatic heterocycles. The SMILES string of the molecule is C1=C(Nc2cccc3ccccc23)CCC1. The van der Waals surface area contributed by atoms with Crippen LogP contribution in [0, 0.1) is 0 Å². The first kappa shape index (κ1) is 9.46. The monoisotopic (exact) mass is 209 g/mol. The van der Waals surface area contributed by atoms with Gasteiger partial charge in [0.25, 0.3) is 0 Å². The third-order valence-corrected chi connectivity index (χ3v) is 3.13. The van der Waals surface area contributed by atoms with Gasteiger partial charge in [0.1, 0.15) is 0 Å². The smallest absolute Gasteiger partial charge is 0.0461 e. The molecular formula is C15H15N. The van der Waals surface area contributed by atoms with Crippen LogP contribution in [0.1, 0.15) is 19.3 Å². The van der Waals surface area contributed by atoms with Crippen LogP contribution in [-0.2, 0) is 0 Å². The molecule has 0 radical (unpaired) electrons. The van der Waals surface area contributed by atoms with Gasteiger partial charge in [-0.15, -0.1) is 0 Å². The summed E-state index contributed by atoms with van der Waals surface area (Å²) in [6.45, 7) is 0. The lowest BCUT2D eigenvalue weighted by Gasteiger charge is -2.10. The predicted octanol–water partition coefficient (Wildman–Crippen LogP) is 4.32. The van der Waals surface area contributed by atoms with Crippen LogP contribution in [0.15, 0.2) is 54.2 Å². The molecule has 0 bridgehead atoms. The zero-order chi connectivity index (χ0) is 10.8. The van der Waals surface area contributed by atoms with Crippen molar-refractivity contribution in [1.82, 2.24) is 0 Å². The van der Waals surface area contributed by atoms with Crippen molar-refractivity contribution in [3.05, 3.63) is 54.2 Å². The predicted molar refractivity (Wildman–Crippen MR) is 69.5 cm³/mol. The van der Waals surface area contributed by atoms with Gasteiger partial charge < -0.3 is 5.32 Å². The minimum atomic E-state index is 1.18. The molecule has 1 heteroatoms. The zero-order valence-corrected chi connectivity index (χ0v) is 9.24. The van der Waals surface area contributed by atoms with Gasteiger partial charge >= 0.3 is 0 Å². The molecule has 1 nitrogen and oxygen atoms in total. The Labute approximate surface area is 95.8 Å². The largest absolute Gasteiger partial charge is 0.359 e. The van der Waals surface area contributed by atoms with Crippen LogP contribution >= 0.6 is 0 Å². The molecule has 0 saturated carbocycles. The van der Waals surface area contributed by atoms with Crippen molar-refractivity contribution in [2.24, 2.45) is 0 Å². The minimum Gasteiger partial charge on any atom is -0.359 e. The van der Waals surface area contributed by atoms with Crippen molar-refractivity contribution in [3.8, 4) is 0 Å². The van der Waals surface area contributed by atoms with E-state index in [0.717, 1.165) is 0 Å². The standard InChI is InChI=1S/C15H15N/c1-4-10-14-12(6-1)7-5-11-15(14)16-13-8-2-3-9-13/h1,4-8,10-11,16H,2-3,9H2. The zero-order valence-electron chi connectivity index (χ0n) is 9.24. The molecule has 1 aliphatic rings. The first-order valence-electron chi connectivity index (χ1n) is 5.87. The van der Waals surface area contributed by atoms with Gasteiger partial charge in [0, 0.05) is 16.8 Å². The quantitative estimate of drug-likeness (QED) is 0.776. The maximum absolute atomic E-state index is 3.54. The van der Waals surface area contributed by atoms with Gasteiger partial charge in [0.2, 0.25) is 0 Å². The maximum Gasteiger partial charge on any atom is 0.0461 e. The van der Waals surface area contributed by atoms with Crippen molar-refractivity contribution in [1.29, 1.82) is 0 Å². The molecule has 0 amide bonds. The van der Waals surface area contributed by atoms with Crippen LogP contribution in [0.5, 0.6) is 0 Å². The van der Waals surface area contributed by atoms with Crippen molar-refractivity contribution in [2.45, 2.75) is 19.3 Å². The number of rotatable bonds is 2. The summed E-state index contributed by atoms with van der Waals surface area (Å²) < 4.78 is 0. The summed E-state index contributed by atoms with van der Waals surface area (Å²) in [6, 6.07) is 14.9. The highest BCUT2D eigenvalue weighted by molar-refractivity contribution is 5.94. The molecule has 0 unspecified atom stereocenters. The van der Waals surface area contributed by atoms with E-state index < -0.39 is 0 Å². The van der Waals surface area contributed by atoms with Crippen LogP contribution in [-0.4, -0.2) is 0 Å². The number of anilines is 1. The molecule has 0 fully saturated rings. The van der Waals surface area contributed by atoms with Crippen molar-refractivity contribution < 1.29 is 0 Å². The Bertz CT molecular complexity index is 535. The van der Waals surface area contributed by atoms with E-state index in [1.807, 2.05) is 0 Å². The molecule has 2 aromatic carbocycles. The summed E-state index contributed by atoms with van der Waals surface area (Å²) >= 11 is 0. The van der Waals surface area contributed by atoms with Gasteiger partial charge in [-0.25, -0.2) is 0 Å². The molecular weight excluding hydrogens is 194 g/mol. The second-order valence-electron chi connectivity index (χ2n) is 4.27. The fourth-order valence-corrected chi connectivity index (χ4v) is 2.29. The Morgan fingerprint density at radius 3 is 2.69 bits per heavy atom. The fraction of sp³-hybridized carbons (Fsp3) is 0.200. The summed E-state index contributed by atoms with van der Waals surface area (Å²) in [5.41, 5.74) is 2.60. The van der Waals surface area contributed by atoms with Crippen LogP contribution in [0.2, 0.25) is 0 Å². The first-order valence-corrected chi connectivity index (χ1v) is 5.87. The lowest BCUT2D eigenvalue weighted by atomic mass is 10.1. The van der Waals surface area contributed by atoms with E-state index in [2.05, 4.69) is 53.9 Å². The first-order chi connectivity index (χ1) is 7.93. The third-order valence-electron chi connectivity index (χ3n) is 3.13. The van der Waals surface area contributed by atoms with Crippen LogP contribution < -0.4 is 5.32 Å². The second kappa shape index (κ2) is 4.01. The summed E-state index contributed by atoms with van der Waals surface area (Å²) in [7, 11) is 0. The van der Waals surface area contributed by atoms with Crippen molar-refractivity contribution in [2.75, 3.05) is 5.32 Å². The molecule has 0 spiro atoms. The van der Waals surface area contributed by atoms with Crippen molar-refractivity contribution >= 4 is 16.5 Å². The van der Waals surface area contributed by atoms with Gasteiger partial charge in [0.05, 0.1) is 0 Å². The van der Waals surface area contributed by atoms with E-state index in [9.17, 15) is 0 Å². The highest BCUT2D eigenvalue weighted by atomic mass is 14.9. The summed E-state index contributed by atoms with van der Waals surface area (Å²) in [5.74, 6) is 0. The molecule has 80 valence electrons. The Hall–Kier alpha value is -1.76. The van der Waals surface area contributed by atoms with E-state index in [-0.39, 0.29) is 0 Å². The number of fused-ring (bicyclic) bond motifs is 1. The normalized spacial score (nSPS) is 15.1. The number of hydrogen-bond donors (Lipinski definition) is 1. The number of allylic oxidation sites excluding steroid dienone is 2. The maximum atomic E-state index is 3.54. The molecule has 2 aromatic rings. The highest BCUT2D eigenvalue weighted by Crippen LogP contribution is 2.27. The van der Waals surface area contributed by atoms with E-state index in [4.69, 9.17) is 0 Å². The van der Waals surface area contributed by atoms with E-state index in [1.54, 1.807) is 0 Å². The molecule has 0 heterocycles. The van der Waals surface area contributed by atoms with E-state index in [0.29, 0.717) is 0 Å². The number of hydrogen-bond acceptors (Lipinski definition) is 1. The van der Waals surface area contributed by atoms with Crippen LogP contribution in [0.3, 0.4) is 0 Å². The molecule has 0 saturated heterocycles. The van der Waals surface area contributed by atoms with Gasteiger partial charge in [-0.05, 0) is 30.7 Å². The molecule has 0 aliphatic heterocycles. The third kappa shape index (κ3) is 1.69. The Kier molecular flexibility index (Phi) is 2.37. The van der Waals surface area contributed by atoms with Crippen molar-refractivity contribution in [3.63, 3.8) is 0 Å². The Morgan fingerprint density at radius 2 is 1.81 bits per heavy atom. The van der Waals surface area contributed by atoms with Gasteiger partial charge in [0.15, 0.2) is 0 Å². The number of nitrogens with one attached hydrogen (secondary N) is 1. The van der Waals surface area contributed by atoms with Gasteiger partial charge in [-0.3, -0.25) is 0 Å². The van der Waals surface area contributed by atoms with E-state index in [1.165, 1.54) is 41.4 Å². The fourth-order valence-electron chi connectivity index (χ4n) is 2.29. The highest BCUT2D eigenvalue weighted by Gasteiger charge is 2.06. The summed E-state index contributed by atoms with van der Waals surface area (Å²) in [4.78, 5) is 0. The Balaban J connectivity index is 2.02. The lowest BCUT2D eigenvalue weighted by molar-refractivity contribution is 0.909. The molecule has 1 N–H and O–H groups in total. The molecule has 1 aliphatic carbocycles. The average molecular weight is 209 g/mol. The second-order valence-corrected chi connectivity index (χ2v) is 4.27. The molecule has 16 heavy (non-hydrogen) atoms. The minimum absolute atomic E-state index is 1.18. The van der Waals surface area contributed by atoms with Crippen LogP contribution in [0.25, 0.3) is 10.8 Å². The average Bonchev–Trinajstić information content (AvgIpc) is 2.82.